The van der Waals surface area contributed by atoms with E-state index in [-0.39, 0.29) is 19.0 Å². The van der Waals surface area contributed by atoms with E-state index in [1.54, 1.807) is 7.11 Å². The molecule has 3 rings (SSSR count). The number of rotatable bonds is 5. The molecule has 0 fully saturated rings. The largest absolute Gasteiger partial charge is 0.497 e. The SMILES string of the molecule is COc1ccc(CC(=O)OCc2cc3ccccc3nc2Cl)cc1. The van der Waals surface area contributed by atoms with Crippen molar-refractivity contribution in [1.29, 1.82) is 0 Å². The van der Waals surface area contributed by atoms with Crippen molar-refractivity contribution in [1.82, 2.24) is 4.98 Å². The number of carbonyl (C=O) groups excluding carboxylic acids is 1. The molecule has 0 atom stereocenters. The van der Waals surface area contributed by atoms with Crippen LogP contribution in [0.4, 0.5) is 0 Å². The van der Waals surface area contributed by atoms with Crippen molar-refractivity contribution in [3.63, 3.8) is 0 Å². The Morgan fingerprint density at radius 1 is 1.12 bits per heavy atom. The van der Waals surface area contributed by atoms with Gasteiger partial charge in [0.1, 0.15) is 17.5 Å². The number of para-hydroxylation sites is 1. The molecule has 0 aliphatic rings. The van der Waals surface area contributed by atoms with Crippen LogP contribution in [0.25, 0.3) is 10.9 Å². The van der Waals surface area contributed by atoms with Gasteiger partial charge in [-0.05, 0) is 29.8 Å². The normalized spacial score (nSPS) is 10.6. The van der Waals surface area contributed by atoms with Gasteiger partial charge in [-0.2, -0.15) is 0 Å². The van der Waals surface area contributed by atoms with Gasteiger partial charge in [0.2, 0.25) is 0 Å². The van der Waals surface area contributed by atoms with E-state index in [0.717, 1.165) is 22.2 Å². The molecule has 0 aliphatic carbocycles. The summed E-state index contributed by atoms with van der Waals surface area (Å²) in [6, 6.07) is 16.9. The summed E-state index contributed by atoms with van der Waals surface area (Å²) in [6.07, 6.45) is 0.197. The van der Waals surface area contributed by atoms with Gasteiger partial charge in [0.05, 0.1) is 19.0 Å². The average molecular weight is 342 g/mol. The van der Waals surface area contributed by atoms with Crippen LogP contribution in [0.1, 0.15) is 11.1 Å². The van der Waals surface area contributed by atoms with Gasteiger partial charge in [-0.15, -0.1) is 0 Å². The number of hydrogen-bond donors (Lipinski definition) is 0. The van der Waals surface area contributed by atoms with Crippen molar-refractivity contribution < 1.29 is 14.3 Å². The number of benzene rings is 2. The third-order valence-corrected chi connectivity index (χ3v) is 3.97. The minimum Gasteiger partial charge on any atom is -0.497 e. The number of pyridine rings is 1. The lowest BCUT2D eigenvalue weighted by molar-refractivity contribution is -0.144. The predicted molar refractivity (Wildman–Crippen MR) is 93.2 cm³/mol. The van der Waals surface area contributed by atoms with E-state index in [1.165, 1.54) is 0 Å². The maximum atomic E-state index is 12.0. The number of nitrogens with zero attached hydrogens (tertiary/aromatic N) is 1. The quantitative estimate of drug-likeness (QED) is 0.516. The highest BCUT2D eigenvalue weighted by Crippen LogP contribution is 2.21. The molecule has 0 saturated heterocycles. The van der Waals surface area contributed by atoms with Crippen LogP contribution in [0.2, 0.25) is 5.15 Å². The molecule has 0 amide bonds. The second-order valence-electron chi connectivity index (χ2n) is 5.32. The summed E-state index contributed by atoms with van der Waals surface area (Å²) in [5, 5.41) is 1.31. The molecular weight excluding hydrogens is 326 g/mol. The Labute approximate surface area is 145 Å². The maximum absolute atomic E-state index is 12.0. The number of carbonyl (C=O) groups is 1. The third-order valence-electron chi connectivity index (χ3n) is 3.65. The lowest BCUT2D eigenvalue weighted by Gasteiger charge is -2.08. The van der Waals surface area contributed by atoms with E-state index < -0.39 is 0 Å². The van der Waals surface area contributed by atoms with Gasteiger partial charge in [-0.25, -0.2) is 4.98 Å². The van der Waals surface area contributed by atoms with Gasteiger partial charge in [0.25, 0.3) is 0 Å². The van der Waals surface area contributed by atoms with Crippen LogP contribution < -0.4 is 4.74 Å². The zero-order valence-electron chi connectivity index (χ0n) is 13.2. The Hall–Kier alpha value is -2.59. The fraction of sp³-hybridized carbons (Fsp3) is 0.158. The molecule has 1 heterocycles. The predicted octanol–water partition coefficient (Wildman–Crippen LogP) is 4.18. The summed E-state index contributed by atoms with van der Waals surface area (Å²) in [6.45, 7) is 0.103. The van der Waals surface area contributed by atoms with E-state index in [9.17, 15) is 4.79 Å². The molecule has 0 unspecified atom stereocenters. The zero-order chi connectivity index (χ0) is 16.9. The Morgan fingerprint density at radius 3 is 2.62 bits per heavy atom. The van der Waals surface area contributed by atoms with Gasteiger partial charge in [0, 0.05) is 10.9 Å². The van der Waals surface area contributed by atoms with Crippen molar-refractivity contribution in [3.05, 3.63) is 70.9 Å². The summed E-state index contributed by atoms with van der Waals surface area (Å²) >= 11 is 6.16. The van der Waals surface area contributed by atoms with Crippen molar-refractivity contribution in [2.24, 2.45) is 0 Å². The van der Waals surface area contributed by atoms with Gasteiger partial charge >= 0.3 is 5.97 Å². The Morgan fingerprint density at radius 2 is 1.88 bits per heavy atom. The summed E-state index contributed by atoms with van der Waals surface area (Å²) < 4.78 is 10.4. The van der Waals surface area contributed by atoms with Crippen molar-refractivity contribution in [2.75, 3.05) is 7.11 Å². The van der Waals surface area contributed by atoms with Crippen LogP contribution in [0, 0.1) is 0 Å². The van der Waals surface area contributed by atoms with Gasteiger partial charge < -0.3 is 9.47 Å². The number of hydrogen-bond acceptors (Lipinski definition) is 4. The van der Waals surface area contributed by atoms with Crippen LogP contribution in [0.15, 0.2) is 54.6 Å². The van der Waals surface area contributed by atoms with Crippen LogP contribution in [-0.2, 0) is 22.6 Å². The molecule has 0 bridgehead atoms. The number of halogens is 1. The van der Waals surface area contributed by atoms with Crippen molar-refractivity contribution in [2.45, 2.75) is 13.0 Å². The molecule has 24 heavy (non-hydrogen) atoms. The lowest BCUT2D eigenvalue weighted by Crippen LogP contribution is -2.08. The molecule has 0 radical (unpaired) electrons. The molecule has 122 valence electrons. The van der Waals surface area contributed by atoms with Crippen LogP contribution in [-0.4, -0.2) is 18.1 Å². The molecule has 0 spiro atoms. The number of esters is 1. The minimum atomic E-state index is -0.315. The molecule has 0 N–H and O–H groups in total. The topological polar surface area (TPSA) is 48.4 Å². The molecule has 5 heteroatoms. The molecule has 0 aliphatic heterocycles. The molecule has 3 aromatic rings. The van der Waals surface area contributed by atoms with E-state index in [0.29, 0.717) is 10.7 Å². The van der Waals surface area contributed by atoms with E-state index in [4.69, 9.17) is 21.1 Å². The standard InChI is InChI=1S/C19H16ClNO3/c1-23-16-8-6-13(7-9-16)10-18(22)24-12-15-11-14-4-2-3-5-17(14)21-19(15)20/h2-9,11H,10,12H2,1H3. The minimum absolute atomic E-state index is 0.103. The fourth-order valence-electron chi connectivity index (χ4n) is 2.36. The number of methoxy groups -OCH3 is 1. The first kappa shape index (κ1) is 16.3. The highest BCUT2D eigenvalue weighted by molar-refractivity contribution is 6.30. The Bertz CT molecular complexity index is 862. The monoisotopic (exact) mass is 341 g/mol. The number of ether oxygens (including phenoxy) is 2. The van der Waals surface area contributed by atoms with Crippen molar-refractivity contribution >= 4 is 28.5 Å². The first-order chi connectivity index (χ1) is 11.7. The van der Waals surface area contributed by atoms with E-state index >= 15 is 0 Å². The van der Waals surface area contributed by atoms with E-state index in [1.807, 2.05) is 54.6 Å². The smallest absolute Gasteiger partial charge is 0.310 e. The zero-order valence-corrected chi connectivity index (χ0v) is 13.9. The van der Waals surface area contributed by atoms with E-state index in [2.05, 4.69) is 4.98 Å². The molecular formula is C19H16ClNO3. The molecule has 4 nitrogen and oxygen atoms in total. The first-order valence-electron chi connectivity index (χ1n) is 7.48. The Balaban J connectivity index is 1.64. The van der Waals surface area contributed by atoms with Crippen molar-refractivity contribution in [3.8, 4) is 5.75 Å². The molecule has 2 aromatic carbocycles. The molecule has 1 aromatic heterocycles. The Kier molecular flexibility index (Phi) is 4.96. The fourth-order valence-corrected chi connectivity index (χ4v) is 2.56. The van der Waals surface area contributed by atoms with Gasteiger partial charge in [-0.1, -0.05) is 41.9 Å². The van der Waals surface area contributed by atoms with Crippen LogP contribution in [0.3, 0.4) is 0 Å². The van der Waals surface area contributed by atoms with Crippen LogP contribution >= 0.6 is 11.6 Å². The first-order valence-corrected chi connectivity index (χ1v) is 7.86. The number of fused-ring (bicyclic) bond motifs is 1. The van der Waals surface area contributed by atoms with Gasteiger partial charge in [-0.3, -0.25) is 4.79 Å². The summed E-state index contributed by atoms with van der Waals surface area (Å²) in [7, 11) is 1.60. The maximum Gasteiger partial charge on any atom is 0.310 e. The third kappa shape index (κ3) is 3.84. The highest BCUT2D eigenvalue weighted by atomic mass is 35.5. The summed E-state index contributed by atoms with van der Waals surface area (Å²) in [5.74, 6) is 0.436. The summed E-state index contributed by atoms with van der Waals surface area (Å²) in [4.78, 5) is 16.3. The average Bonchev–Trinajstić information content (AvgIpc) is 2.60. The molecule has 0 saturated carbocycles. The lowest BCUT2D eigenvalue weighted by atomic mass is 10.1. The number of aromatic nitrogens is 1. The van der Waals surface area contributed by atoms with Crippen LogP contribution in [0.5, 0.6) is 5.75 Å². The highest BCUT2D eigenvalue weighted by Gasteiger charge is 2.09. The second-order valence-corrected chi connectivity index (χ2v) is 5.67. The second kappa shape index (κ2) is 7.32. The summed E-state index contributed by atoms with van der Waals surface area (Å²) in [5.41, 5.74) is 2.37. The van der Waals surface area contributed by atoms with Gasteiger partial charge in [0.15, 0.2) is 0 Å².